The molecule has 1 aromatic rings. The molecular weight excluding hydrogens is 240 g/mol. The molecule has 3 atom stereocenters. The zero-order valence-corrected chi connectivity index (χ0v) is 12.2. The van der Waals surface area contributed by atoms with Gasteiger partial charge >= 0.3 is 0 Å². The van der Waals surface area contributed by atoms with E-state index in [2.05, 4.69) is 30.9 Å². The summed E-state index contributed by atoms with van der Waals surface area (Å²) >= 11 is 0. The zero-order chi connectivity index (χ0) is 14.0. The van der Waals surface area contributed by atoms with Gasteiger partial charge in [-0.3, -0.25) is 4.90 Å². The molecule has 0 amide bonds. The van der Waals surface area contributed by atoms with Crippen LogP contribution in [0.3, 0.4) is 0 Å². The Hall–Kier alpha value is -1.26. The van der Waals surface area contributed by atoms with E-state index in [9.17, 15) is 0 Å². The fourth-order valence-electron chi connectivity index (χ4n) is 2.67. The molecule has 0 aromatic heterocycles. The van der Waals surface area contributed by atoms with Crippen molar-refractivity contribution in [3.8, 4) is 11.5 Å². The van der Waals surface area contributed by atoms with Gasteiger partial charge in [0.25, 0.3) is 0 Å². The molecule has 4 heteroatoms. The molecule has 3 unspecified atom stereocenters. The predicted octanol–water partition coefficient (Wildman–Crippen LogP) is 2.04. The van der Waals surface area contributed by atoms with Crippen LogP contribution >= 0.6 is 0 Å². The molecule has 0 spiro atoms. The molecule has 0 bridgehead atoms. The van der Waals surface area contributed by atoms with E-state index in [1.807, 2.05) is 6.07 Å². The first-order valence-corrected chi connectivity index (χ1v) is 6.78. The molecule has 0 aliphatic carbocycles. The smallest absolute Gasteiger partial charge is 0.161 e. The molecule has 2 N–H and O–H groups in total. The molecule has 0 saturated carbocycles. The van der Waals surface area contributed by atoms with Gasteiger partial charge in [-0.25, -0.2) is 0 Å². The van der Waals surface area contributed by atoms with Gasteiger partial charge in [0.15, 0.2) is 11.5 Å². The van der Waals surface area contributed by atoms with Crippen LogP contribution in [0.5, 0.6) is 11.5 Å². The first-order chi connectivity index (χ1) is 9.06. The maximum Gasteiger partial charge on any atom is 0.161 e. The molecule has 4 nitrogen and oxygen atoms in total. The van der Waals surface area contributed by atoms with Crippen molar-refractivity contribution in [1.29, 1.82) is 0 Å². The number of benzene rings is 1. The molecule has 1 aliphatic heterocycles. The summed E-state index contributed by atoms with van der Waals surface area (Å²) < 4.78 is 10.6. The maximum atomic E-state index is 6.10. The number of methoxy groups -OCH3 is 2. The second-order valence-electron chi connectivity index (χ2n) is 5.39. The van der Waals surface area contributed by atoms with Crippen LogP contribution in [0.15, 0.2) is 18.2 Å². The van der Waals surface area contributed by atoms with Gasteiger partial charge < -0.3 is 15.2 Å². The van der Waals surface area contributed by atoms with Gasteiger partial charge in [0.05, 0.1) is 14.2 Å². The van der Waals surface area contributed by atoms with Gasteiger partial charge in [0.1, 0.15) is 0 Å². The van der Waals surface area contributed by atoms with Gasteiger partial charge in [0, 0.05) is 25.2 Å². The standard InChI is InChI=1S/C15H24N2O2/c1-10-8-17(9-13(10)16)11(2)12-5-6-14(18-3)15(7-12)19-4/h5-7,10-11,13H,8-9,16H2,1-4H3. The minimum atomic E-state index is 0.280. The highest BCUT2D eigenvalue weighted by Crippen LogP contribution is 2.33. The summed E-state index contributed by atoms with van der Waals surface area (Å²) in [4.78, 5) is 2.43. The average molecular weight is 264 g/mol. The van der Waals surface area contributed by atoms with Crippen LogP contribution in [0.2, 0.25) is 0 Å². The number of likely N-dealkylation sites (tertiary alicyclic amines) is 1. The summed E-state index contributed by atoms with van der Waals surface area (Å²) in [5.41, 5.74) is 7.34. The van der Waals surface area contributed by atoms with Crippen molar-refractivity contribution < 1.29 is 9.47 Å². The van der Waals surface area contributed by atoms with Crippen molar-refractivity contribution in [3.05, 3.63) is 23.8 Å². The summed E-state index contributed by atoms with van der Waals surface area (Å²) in [6.07, 6.45) is 0. The van der Waals surface area contributed by atoms with Gasteiger partial charge in [0.2, 0.25) is 0 Å². The van der Waals surface area contributed by atoms with Crippen LogP contribution in [0.4, 0.5) is 0 Å². The van der Waals surface area contributed by atoms with Crippen molar-refractivity contribution in [2.24, 2.45) is 11.7 Å². The number of rotatable bonds is 4. The molecule has 106 valence electrons. The van der Waals surface area contributed by atoms with E-state index in [0.29, 0.717) is 12.0 Å². The quantitative estimate of drug-likeness (QED) is 0.904. The molecule has 0 radical (unpaired) electrons. The predicted molar refractivity (Wildman–Crippen MR) is 76.7 cm³/mol. The molecule has 1 fully saturated rings. The number of nitrogens with two attached hydrogens (primary N) is 1. The summed E-state index contributed by atoms with van der Waals surface area (Å²) in [6.45, 7) is 6.44. The Morgan fingerprint density at radius 2 is 1.89 bits per heavy atom. The Kier molecular flexibility index (Phi) is 4.32. The normalized spacial score (nSPS) is 25.3. The Balaban J connectivity index is 2.17. The van der Waals surface area contributed by atoms with Crippen LogP contribution in [-0.4, -0.2) is 38.3 Å². The van der Waals surface area contributed by atoms with Gasteiger partial charge in [-0.1, -0.05) is 13.0 Å². The topological polar surface area (TPSA) is 47.7 Å². The van der Waals surface area contributed by atoms with Crippen molar-refractivity contribution >= 4 is 0 Å². The minimum Gasteiger partial charge on any atom is -0.493 e. The van der Waals surface area contributed by atoms with Crippen molar-refractivity contribution in [2.75, 3.05) is 27.3 Å². The van der Waals surface area contributed by atoms with Gasteiger partial charge in [-0.2, -0.15) is 0 Å². The zero-order valence-electron chi connectivity index (χ0n) is 12.2. The van der Waals surface area contributed by atoms with E-state index in [1.165, 1.54) is 5.56 Å². The monoisotopic (exact) mass is 264 g/mol. The Morgan fingerprint density at radius 1 is 1.21 bits per heavy atom. The molecular formula is C15H24N2O2. The molecule has 1 aromatic carbocycles. The van der Waals surface area contributed by atoms with Crippen LogP contribution in [0.1, 0.15) is 25.5 Å². The molecule has 1 heterocycles. The Labute approximate surface area is 115 Å². The van der Waals surface area contributed by atoms with Crippen LogP contribution in [0.25, 0.3) is 0 Å². The van der Waals surface area contributed by atoms with Crippen LogP contribution in [-0.2, 0) is 0 Å². The maximum absolute atomic E-state index is 6.10. The van der Waals surface area contributed by atoms with Gasteiger partial charge in [-0.05, 0) is 30.5 Å². The third kappa shape index (κ3) is 2.85. The molecule has 1 saturated heterocycles. The second-order valence-corrected chi connectivity index (χ2v) is 5.39. The third-order valence-electron chi connectivity index (χ3n) is 4.14. The fraction of sp³-hybridized carbons (Fsp3) is 0.600. The van der Waals surface area contributed by atoms with E-state index in [4.69, 9.17) is 15.2 Å². The Bertz CT molecular complexity index is 426. The van der Waals surface area contributed by atoms with Crippen LogP contribution in [0, 0.1) is 5.92 Å². The lowest BCUT2D eigenvalue weighted by molar-refractivity contribution is 0.252. The van der Waals surface area contributed by atoms with Crippen molar-refractivity contribution in [1.82, 2.24) is 4.90 Å². The summed E-state index contributed by atoms with van der Waals surface area (Å²) in [5, 5.41) is 0. The third-order valence-corrected chi connectivity index (χ3v) is 4.14. The molecule has 2 rings (SSSR count). The lowest BCUT2D eigenvalue weighted by atomic mass is 10.1. The number of nitrogens with zero attached hydrogens (tertiary/aromatic N) is 1. The van der Waals surface area contributed by atoms with E-state index < -0.39 is 0 Å². The number of hydrogen-bond donors (Lipinski definition) is 1. The number of hydrogen-bond acceptors (Lipinski definition) is 4. The molecule has 19 heavy (non-hydrogen) atoms. The van der Waals surface area contributed by atoms with E-state index in [-0.39, 0.29) is 6.04 Å². The largest absolute Gasteiger partial charge is 0.493 e. The summed E-state index contributed by atoms with van der Waals surface area (Å²) in [5.74, 6) is 2.11. The van der Waals surface area contributed by atoms with Gasteiger partial charge in [-0.15, -0.1) is 0 Å². The SMILES string of the molecule is COc1ccc(C(C)N2CC(C)C(N)C2)cc1OC. The first kappa shape index (κ1) is 14.2. The lowest BCUT2D eigenvalue weighted by Crippen LogP contribution is -2.29. The van der Waals surface area contributed by atoms with Crippen molar-refractivity contribution in [2.45, 2.75) is 25.9 Å². The lowest BCUT2D eigenvalue weighted by Gasteiger charge is -2.25. The second kappa shape index (κ2) is 5.80. The highest BCUT2D eigenvalue weighted by Gasteiger charge is 2.30. The van der Waals surface area contributed by atoms with E-state index in [0.717, 1.165) is 24.6 Å². The highest BCUT2D eigenvalue weighted by atomic mass is 16.5. The minimum absolute atomic E-state index is 0.280. The summed E-state index contributed by atoms with van der Waals surface area (Å²) in [7, 11) is 3.32. The molecule has 1 aliphatic rings. The van der Waals surface area contributed by atoms with E-state index >= 15 is 0 Å². The summed E-state index contributed by atoms with van der Waals surface area (Å²) in [6, 6.07) is 6.74. The first-order valence-electron chi connectivity index (χ1n) is 6.78. The Morgan fingerprint density at radius 3 is 2.42 bits per heavy atom. The van der Waals surface area contributed by atoms with Crippen molar-refractivity contribution in [3.63, 3.8) is 0 Å². The number of ether oxygens (including phenoxy) is 2. The van der Waals surface area contributed by atoms with Crippen LogP contribution < -0.4 is 15.2 Å². The van der Waals surface area contributed by atoms with E-state index in [1.54, 1.807) is 14.2 Å². The average Bonchev–Trinajstić information content (AvgIpc) is 2.77. The highest BCUT2D eigenvalue weighted by molar-refractivity contribution is 5.43. The fourth-order valence-corrected chi connectivity index (χ4v) is 2.67.